The lowest BCUT2D eigenvalue weighted by Crippen LogP contribution is -2.15. The van der Waals surface area contributed by atoms with Crippen LogP contribution in [0.4, 0.5) is 0 Å². The van der Waals surface area contributed by atoms with E-state index in [4.69, 9.17) is 16.3 Å². The molecule has 0 amide bonds. The minimum atomic E-state index is -1.35. The van der Waals surface area contributed by atoms with Gasteiger partial charge in [0.1, 0.15) is 5.15 Å². The van der Waals surface area contributed by atoms with Crippen LogP contribution >= 0.6 is 11.6 Å². The summed E-state index contributed by atoms with van der Waals surface area (Å²) in [5.74, 6) is -0.697. The minimum Gasteiger partial charge on any atom is -0.464 e. The summed E-state index contributed by atoms with van der Waals surface area (Å²) >= 11 is 5.92. The summed E-state index contributed by atoms with van der Waals surface area (Å²) in [6.07, 6.45) is -1.35. The van der Waals surface area contributed by atoms with Crippen molar-refractivity contribution in [2.45, 2.75) is 13.0 Å². The molecule has 0 fully saturated rings. The second kappa shape index (κ2) is 4.73. The molecule has 1 atom stereocenters. The number of esters is 1. The number of halogens is 1. The van der Waals surface area contributed by atoms with Gasteiger partial charge in [-0.3, -0.25) is 5.10 Å². The molecule has 0 aliphatic rings. The van der Waals surface area contributed by atoms with Gasteiger partial charge in [-0.2, -0.15) is 5.10 Å². The Morgan fingerprint density at radius 3 is 3.12 bits per heavy atom. The smallest absolute Gasteiger partial charge is 0.339 e. The summed E-state index contributed by atoms with van der Waals surface area (Å²) in [7, 11) is 0. The monoisotopic (exact) mass is 254 g/mol. The van der Waals surface area contributed by atoms with Crippen molar-refractivity contribution in [2.24, 2.45) is 0 Å². The van der Waals surface area contributed by atoms with Gasteiger partial charge in [-0.15, -0.1) is 0 Å². The Morgan fingerprint density at radius 1 is 1.65 bits per heavy atom. The third kappa shape index (κ3) is 2.11. The molecule has 2 aromatic rings. The van der Waals surface area contributed by atoms with E-state index in [1.54, 1.807) is 25.1 Å². The first-order chi connectivity index (χ1) is 8.15. The predicted molar refractivity (Wildman–Crippen MR) is 62.7 cm³/mol. The molecule has 6 heteroatoms. The first-order valence-electron chi connectivity index (χ1n) is 5.12. The number of ether oxygens (including phenoxy) is 1. The van der Waals surface area contributed by atoms with Crippen LogP contribution in [0.1, 0.15) is 18.6 Å². The van der Waals surface area contributed by atoms with Gasteiger partial charge in [-0.05, 0) is 13.0 Å². The van der Waals surface area contributed by atoms with Gasteiger partial charge < -0.3 is 9.84 Å². The number of aliphatic hydroxyl groups excluding tert-OH is 1. The average molecular weight is 255 g/mol. The Kier molecular flexibility index (Phi) is 3.31. The molecule has 1 aromatic heterocycles. The zero-order valence-corrected chi connectivity index (χ0v) is 9.86. The molecule has 17 heavy (non-hydrogen) atoms. The van der Waals surface area contributed by atoms with E-state index in [2.05, 4.69) is 10.2 Å². The first-order valence-corrected chi connectivity index (χ1v) is 5.50. The Bertz CT molecular complexity index is 553. The third-order valence-corrected chi connectivity index (χ3v) is 2.65. The lowest BCUT2D eigenvalue weighted by atomic mass is 10.1. The molecule has 0 spiro atoms. The number of hydrogen-bond donors (Lipinski definition) is 2. The van der Waals surface area contributed by atoms with Crippen molar-refractivity contribution >= 4 is 28.5 Å². The van der Waals surface area contributed by atoms with Crippen LogP contribution in [0.2, 0.25) is 5.15 Å². The van der Waals surface area contributed by atoms with Gasteiger partial charge in [0.2, 0.25) is 0 Å². The van der Waals surface area contributed by atoms with E-state index in [0.29, 0.717) is 21.6 Å². The van der Waals surface area contributed by atoms with Crippen LogP contribution in [0.15, 0.2) is 18.2 Å². The van der Waals surface area contributed by atoms with Gasteiger partial charge in [0.25, 0.3) is 0 Å². The van der Waals surface area contributed by atoms with Crippen LogP contribution in [0, 0.1) is 0 Å². The highest BCUT2D eigenvalue weighted by Crippen LogP contribution is 2.29. The zero-order chi connectivity index (χ0) is 12.4. The molecular formula is C11H11ClN2O3. The number of nitrogens with zero attached hydrogens (tertiary/aromatic N) is 1. The third-order valence-electron chi connectivity index (χ3n) is 2.37. The average Bonchev–Trinajstić information content (AvgIpc) is 2.71. The van der Waals surface area contributed by atoms with E-state index in [1.165, 1.54) is 0 Å². The maximum Gasteiger partial charge on any atom is 0.339 e. The topological polar surface area (TPSA) is 75.2 Å². The Balaban J connectivity index is 2.47. The number of rotatable bonds is 3. The van der Waals surface area contributed by atoms with Crippen LogP contribution < -0.4 is 0 Å². The number of carbonyl (C=O) groups is 1. The largest absolute Gasteiger partial charge is 0.464 e. The molecule has 1 aromatic carbocycles. The molecule has 1 heterocycles. The highest BCUT2D eigenvalue weighted by atomic mass is 35.5. The molecule has 0 saturated heterocycles. The van der Waals surface area contributed by atoms with E-state index in [9.17, 15) is 9.90 Å². The van der Waals surface area contributed by atoms with Gasteiger partial charge in [0.05, 0.1) is 12.1 Å². The van der Waals surface area contributed by atoms with E-state index in [1.807, 2.05) is 0 Å². The van der Waals surface area contributed by atoms with E-state index in [0.717, 1.165) is 0 Å². The number of nitrogens with one attached hydrogen (secondary N) is 1. The standard InChI is InChI=1S/C11H11ClN2O3/c1-2-17-11(16)9(15)6-4-3-5-7-8(6)10(12)14-13-7/h3-5,9,15H,2H2,1H3,(H,13,14). The molecule has 5 nitrogen and oxygen atoms in total. The van der Waals surface area contributed by atoms with Crippen LogP contribution in [0.3, 0.4) is 0 Å². The van der Waals surface area contributed by atoms with Gasteiger partial charge >= 0.3 is 5.97 Å². The lowest BCUT2D eigenvalue weighted by molar-refractivity contribution is -0.153. The van der Waals surface area contributed by atoms with Crippen molar-refractivity contribution in [3.8, 4) is 0 Å². The lowest BCUT2D eigenvalue weighted by Gasteiger charge is -2.10. The van der Waals surface area contributed by atoms with Gasteiger partial charge in [0, 0.05) is 10.9 Å². The summed E-state index contributed by atoms with van der Waals surface area (Å²) in [4.78, 5) is 11.5. The number of hydrogen-bond acceptors (Lipinski definition) is 4. The normalized spacial score (nSPS) is 12.6. The number of aliphatic hydroxyl groups is 1. The van der Waals surface area contributed by atoms with Gasteiger partial charge in [0.15, 0.2) is 6.10 Å². The van der Waals surface area contributed by atoms with Crippen LogP contribution in [-0.2, 0) is 9.53 Å². The van der Waals surface area contributed by atoms with Crippen molar-refractivity contribution in [3.63, 3.8) is 0 Å². The fourth-order valence-electron chi connectivity index (χ4n) is 1.63. The summed E-state index contributed by atoms with van der Waals surface area (Å²) in [5, 5.41) is 17.3. The summed E-state index contributed by atoms with van der Waals surface area (Å²) in [5.41, 5.74) is 0.982. The molecule has 90 valence electrons. The highest BCUT2D eigenvalue weighted by molar-refractivity contribution is 6.34. The van der Waals surface area contributed by atoms with Crippen LogP contribution in [0.25, 0.3) is 10.9 Å². The molecule has 0 radical (unpaired) electrons. The predicted octanol–water partition coefficient (Wildman–Crippen LogP) is 1.81. The molecule has 0 bridgehead atoms. The second-order valence-corrected chi connectivity index (χ2v) is 3.81. The van der Waals surface area contributed by atoms with Crippen molar-refractivity contribution in [1.82, 2.24) is 10.2 Å². The molecule has 2 N–H and O–H groups in total. The summed E-state index contributed by atoms with van der Waals surface area (Å²) < 4.78 is 4.76. The van der Waals surface area contributed by atoms with Gasteiger partial charge in [-0.25, -0.2) is 4.79 Å². The van der Waals surface area contributed by atoms with Crippen LogP contribution in [-0.4, -0.2) is 27.9 Å². The molecule has 1 unspecified atom stereocenters. The van der Waals surface area contributed by atoms with Crippen molar-refractivity contribution in [3.05, 3.63) is 28.9 Å². The highest BCUT2D eigenvalue weighted by Gasteiger charge is 2.22. The fourth-order valence-corrected chi connectivity index (χ4v) is 1.88. The molecule has 0 aliphatic heterocycles. The van der Waals surface area contributed by atoms with Crippen molar-refractivity contribution < 1.29 is 14.6 Å². The molecule has 0 saturated carbocycles. The minimum absolute atomic E-state index is 0.213. The van der Waals surface area contributed by atoms with Crippen molar-refractivity contribution in [1.29, 1.82) is 0 Å². The summed E-state index contributed by atoms with van der Waals surface area (Å²) in [6.45, 7) is 1.89. The maximum atomic E-state index is 11.5. The second-order valence-electron chi connectivity index (χ2n) is 3.43. The van der Waals surface area contributed by atoms with E-state index < -0.39 is 12.1 Å². The van der Waals surface area contributed by atoms with Crippen molar-refractivity contribution in [2.75, 3.05) is 6.61 Å². The molecule has 2 rings (SSSR count). The summed E-state index contributed by atoms with van der Waals surface area (Å²) in [6, 6.07) is 5.04. The number of H-pyrrole nitrogens is 1. The van der Waals surface area contributed by atoms with Crippen LogP contribution in [0.5, 0.6) is 0 Å². The number of aromatic nitrogens is 2. The Hall–Kier alpha value is -1.59. The SMILES string of the molecule is CCOC(=O)C(O)c1cccc2n[nH]c(Cl)c12. The number of carbonyl (C=O) groups excluding carboxylic acids is 1. The number of aromatic amines is 1. The molecular weight excluding hydrogens is 244 g/mol. The first kappa shape index (κ1) is 11.9. The Morgan fingerprint density at radius 2 is 2.41 bits per heavy atom. The zero-order valence-electron chi connectivity index (χ0n) is 9.11. The van der Waals surface area contributed by atoms with E-state index in [-0.39, 0.29) is 6.61 Å². The number of fused-ring (bicyclic) bond motifs is 1. The van der Waals surface area contributed by atoms with Gasteiger partial charge in [-0.1, -0.05) is 23.7 Å². The maximum absolute atomic E-state index is 11.5. The van der Waals surface area contributed by atoms with E-state index >= 15 is 0 Å². The fraction of sp³-hybridized carbons (Fsp3) is 0.273. The number of benzene rings is 1. The quantitative estimate of drug-likeness (QED) is 0.819. The Labute approximate surface area is 102 Å². The molecule has 0 aliphatic carbocycles.